The van der Waals surface area contributed by atoms with Crippen molar-refractivity contribution in [1.82, 2.24) is 9.55 Å². The predicted octanol–water partition coefficient (Wildman–Crippen LogP) is 6.20. The summed E-state index contributed by atoms with van der Waals surface area (Å²) in [5.74, 6) is 0.510. The monoisotopic (exact) mass is 662 g/mol. The molecule has 0 amide bonds. The highest BCUT2D eigenvalue weighted by Crippen LogP contribution is 2.48. The second-order valence-electron chi connectivity index (χ2n) is 13.3. The molecule has 3 nitrogen and oxygen atoms in total. The highest BCUT2D eigenvalue weighted by atomic mass is 16.3. The van der Waals surface area contributed by atoms with Crippen molar-refractivity contribution in [2.45, 2.75) is 0 Å². The Bertz CT molecular complexity index is 3060. The lowest BCUT2D eigenvalue weighted by atomic mass is 9.60. The predicted molar refractivity (Wildman–Crippen MR) is 227 cm³/mol. The Morgan fingerprint density at radius 1 is 0.415 bits per heavy atom. The summed E-state index contributed by atoms with van der Waals surface area (Å²) in [6.07, 6.45) is 0. The number of furan rings is 1. The van der Waals surface area contributed by atoms with Gasteiger partial charge >= 0.3 is 0 Å². The van der Waals surface area contributed by atoms with Gasteiger partial charge in [0.1, 0.15) is 56.2 Å². The number of nitrogens with zero attached hydrogens (tertiary/aromatic N) is 2. The summed E-state index contributed by atoms with van der Waals surface area (Å²) in [6, 6.07) is 48.1. The number of hydrogen-bond acceptors (Lipinski definition) is 2. The molecule has 0 saturated heterocycles. The average molecular weight is 662 g/mol. The van der Waals surface area contributed by atoms with Gasteiger partial charge < -0.3 is 4.42 Å². The molecular weight excluding hydrogens is 639 g/mol. The Hall–Kier alpha value is -6.13. The first-order valence-electron chi connectivity index (χ1n) is 17.4. The molecule has 0 spiro atoms. The molecule has 8 aromatic carbocycles. The summed E-state index contributed by atoms with van der Waals surface area (Å²) in [6.45, 7) is 0. The molecule has 10 rings (SSSR count). The number of fused-ring (bicyclic) bond motifs is 6. The topological polar surface area (TPSA) is 31.0 Å². The molecule has 2 aromatic heterocycles. The minimum atomic E-state index is 0.156. The van der Waals surface area contributed by atoms with Crippen LogP contribution in [0, 0.1) is 0 Å². The maximum atomic E-state index is 6.69. The molecule has 0 unspecified atom stereocenters. The number of rotatable bonds is 4. The molecule has 0 bridgehead atoms. The van der Waals surface area contributed by atoms with E-state index in [1.807, 2.05) is 48.5 Å². The summed E-state index contributed by atoms with van der Waals surface area (Å²) in [7, 11) is 32.4. The van der Waals surface area contributed by atoms with Crippen LogP contribution >= 0.6 is 0 Å². The Morgan fingerprint density at radius 3 is 1.58 bits per heavy atom. The second-order valence-corrected chi connectivity index (χ2v) is 13.3. The van der Waals surface area contributed by atoms with Crippen LogP contribution in [0.25, 0.3) is 93.8 Å². The molecule has 0 aliphatic rings. The Morgan fingerprint density at radius 2 is 0.906 bits per heavy atom. The molecule has 8 heteroatoms. The number of aromatic nitrogens is 2. The maximum Gasteiger partial charge on any atom is 0.144 e. The fourth-order valence-electron chi connectivity index (χ4n) is 8.10. The molecule has 0 aliphatic carbocycles. The van der Waals surface area contributed by atoms with E-state index < -0.39 is 0 Å². The van der Waals surface area contributed by atoms with Crippen LogP contribution in [0.3, 0.4) is 0 Å². The lowest BCUT2D eigenvalue weighted by molar-refractivity contribution is 0.669. The van der Waals surface area contributed by atoms with E-state index in [1.54, 1.807) is 0 Å². The lowest BCUT2D eigenvalue weighted by Gasteiger charge is -2.23. The first-order chi connectivity index (χ1) is 25.9. The van der Waals surface area contributed by atoms with Crippen LogP contribution in [0.2, 0.25) is 0 Å². The van der Waals surface area contributed by atoms with Crippen LogP contribution in [0.1, 0.15) is 0 Å². The van der Waals surface area contributed by atoms with Gasteiger partial charge in [-0.1, -0.05) is 120 Å². The molecule has 10 radical (unpaired) electrons. The molecule has 0 saturated carbocycles. The highest BCUT2D eigenvalue weighted by molar-refractivity contribution is 6.68. The van der Waals surface area contributed by atoms with Crippen molar-refractivity contribution in [2.24, 2.45) is 0 Å². The van der Waals surface area contributed by atoms with E-state index in [2.05, 4.69) is 95.6 Å². The third-order valence-electron chi connectivity index (χ3n) is 10.5. The van der Waals surface area contributed by atoms with Crippen molar-refractivity contribution in [2.75, 3.05) is 0 Å². The third-order valence-corrected chi connectivity index (χ3v) is 10.5. The minimum absolute atomic E-state index is 0.156. The van der Waals surface area contributed by atoms with Gasteiger partial charge in [-0.3, -0.25) is 4.57 Å². The van der Waals surface area contributed by atoms with Crippen LogP contribution in [0.4, 0.5) is 0 Å². The van der Waals surface area contributed by atoms with Crippen molar-refractivity contribution in [3.8, 4) is 39.3 Å². The average Bonchev–Trinajstić information content (AvgIpc) is 3.77. The van der Waals surface area contributed by atoms with E-state index in [9.17, 15) is 0 Å². The zero-order valence-corrected chi connectivity index (χ0v) is 28.5. The quantitative estimate of drug-likeness (QED) is 0.166. The molecule has 2 heterocycles. The summed E-state index contributed by atoms with van der Waals surface area (Å²) in [4.78, 5) is 5.10. The van der Waals surface area contributed by atoms with Crippen molar-refractivity contribution in [3.63, 3.8) is 0 Å². The number of imidazole rings is 1. The highest BCUT2D eigenvalue weighted by Gasteiger charge is 2.25. The van der Waals surface area contributed by atoms with Gasteiger partial charge in [-0.05, 0) is 68.6 Å². The molecular formula is C45H23B5N2O. The molecule has 10 aromatic rings. The first kappa shape index (κ1) is 31.6. The van der Waals surface area contributed by atoms with Crippen LogP contribution in [0.15, 0.2) is 144 Å². The number of para-hydroxylation sites is 4. The van der Waals surface area contributed by atoms with Crippen molar-refractivity contribution >= 4 is 121 Å². The Balaban J connectivity index is 1.33. The summed E-state index contributed by atoms with van der Waals surface area (Å²) in [5, 5.41) is 6.63. The summed E-state index contributed by atoms with van der Waals surface area (Å²) >= 11 is 0. The van der Waals surface area contributed by atoms with Gasteiger partial charge in [0.25, 0.3) is 0 Å². The van der Waals surface area contributed by atoms with E-state index in [0.29, 0.717) is 11.4 Å². The van der Waals surface area contributed by atoms with Gasteiger partial charge in [0.05, 0.1) is 16.7 Å². The largest absolute Gasteiger partial charge is 0.456 e. The molecule has 0 aliphatic heterocycles. The second kappa shape index (κ2) is 12.0. The summed E-state index contributed by atoms with van der Waals surface area (Å²) in [5.41, 5.74) is 9.97. The van der Waals surface area contributed by atoms with Crippen LogP contribution in [-0.4, -0.2) is 48.8 Å². The van der Waals surface area contributed by atoms with Crippen molar-refractivity contribution < 1.29 is 4.42 Å². The van der Waals surface area contributed by atoms with E-state index in [1.165, 1.54) is 0 Å². The molecule has 0 N–H and O–H groups in total. The maximum absolute atomic E-state index is 6.69. The summed E-state index contributed by atoms with van der Waals surface area (Å²) < 4.78 is 8.46. The zero-order chi connectivity index (χ0) is 36.0. The standard InChI is InChI=1S/C45H23B5N2O/c46-40-39(41(47)43(49)44(50)42(40)48)45-51-31-19-7-9-21-33(31)52(45)32-20-8-5-16-28(32)36-24-12-1-3-14-26(24)37(27-15-4-2-13-25(27)36)30-18-11-23-35-38(30)29-17-6-10-22-34(29)53-35/h1-23H. The van der Waals surface area contributed by atoms with Gasteiger partial charge in [0, 0.05) is 21.9 Å². The fourth-order valence-corrected chi connectivity index (χ4v) is 8.10. The lowest BCUT2D eigenvalue weighted by Crippen LogP contribution is -2.55. The molecule has 0 fully saturated rings. The van der Waals surface area contributed by atoms with Gasteiger partial charge in [0.15, 0.2) is 0 Å². The van der Waals surface area contributed by atoms with E-state index >= 15 is 0 Å². The van der Waals surface area contributed by atoms with Crippen molar-refractivity contribution in [1.29, 1.82) is 0 Å². The number of hydrogen-bond donors (Lipinski definition) is 0. The SMILES string of the molecule is [B]c1c([B])c([B])c(-c2nc3ccccc3n2-c2ccccc2-c2c3ccccc3c(-c3cccc4oc5ccccc5c34)c3ccccc23)c([B])c1[B]. The van der Waals surface area contributed by atoms with E-state index in [0.717, 1.165) is 82.5 Å². The minimum Gasteiger partial charge on any atom is -0.456 e. The molecule has 0 atom stereocenters. The van der Waals surface area contributed by atoms with Crippen molar-refractivity contribution in [3.05, 3.63) is 140 Å². The normalized spacial score (nSPS) is 11.8. The Kier molecular flexibility index (Phi) is 7.13. The van der Waals surface area contributed by atoms with Crippen LogP contribution < -0.4 is 27.3 Å². The molecule has 53 heavy (non-hydrogen) atoms. The first-order valence-corrected chi connectivity index (χ1v) is 17.4. The Labute approximate surface area is 312 Å². The van der Waals surface area contributed by atoms with Crippen LogP contribution in [0.5, 0.6) is 0 Å². The zero-order valence-electron chi connectivity index (χ0n) is 28.5. The van der Waals surface area contributed by atoms with Gasteiger partial charge in [-0.2, -0.15) is 0 Å². The van der Waals surface area contributed by atoms with E-state index in [4.69, 9.17) is 48.6 Å². The molecule has 234 valence electrons. The fraction of sp³-hybridized carbons (Fsp3) is 0. The van der Waals surface area contributed by atoms with Gasteiger partial charge in [-0.15, -0.1) is 16.4 Å². The smallest absolute Gasteiger partial charge is 0.144 e. The number of benzene rings is 8. The van der Waals surface area contributed by atoms with Crippen LogP contribution in [-0.2, 0) is 0 Å². The third kappa shape index (κ3) is 4.58. The van der Waals surface area contributed by atoms with Gasteiger partial charge in [-0.25, -0.2) is 4.98 Å². The van der Waals surface area contributed by atoms with E-state index in [-0.39, 0.29) is 27.3 Å². The van der Waals surface area contributed by atoms with Gasteiger partial charge in [0.2, 0.25) is 0 Å².